The number of rotatable bonds is 10. The van der Waals surface area contributed by atoms with Gasteiger partial charge in [-0.15, -0.1) is 0 Å². The number of halogens is 2. The van der Waals surface area contributed by atoms with Gasteiger partial charge in [0, 0.05) is 6.42 Å². The van der Waals surface area contributed by atoms with E-state index in [-0.39, 0.29) is 22.0 Å². The third kappa shape index (κ3) is 6.23. The van der Waals surface area contributed by atoms with Gasteiger partial charge in [0.05, 0.1) is 33.2 Å². The van der Waals surface area contributed by atoms with Crippen LogP contribution in [0.5, 0.6) is 5.75 Å². The number of nitrogens with one attached hydrogen (secondary N) is 3. The van der Waals surface area contributed by atoms with Crippen molar-refractivity contribution in [2.24, 2.45) is 0 Å². The second-order valence-electron chi connectivity index (χ2n) is 7.69. The van der Waals surface area contributed by atoms with Gasteiger partial charge in [0.2, 0.25) is 5.95 Å². The van der Waals surface area contributed by atoms with Crippen molar-refractivity contribution >= 4 is 52.1 Å². The van der Waals surface area contributed by atoms with Gasteiger partial charge < -0.3 is 25.5 Å². The van der Waals surface area contributed by atoms with Gasteiger partial charge in [0.25, 0.3) is 5.91 Å². The van der Waals surface area contributed by atoms with E-state index >= 15 is 0 Å². The smallest absolute Gasteiger partial charge is 0.326 e. The first-order valence-electron chi connectivity index (χ1n) is 10.8. The number of nitrogens with zero attached hydrogens (tertiary/aromatic N) is 1. The molecule has 10 heteroatoms. The van der Waals surface area contributed by atoms with Crippen LogP contribution in [-0.4, -0.2) is 46.1 Å². The number of ether oxygens (including phenoxy) is 1. The molecule has 180 valence electrons. The molecule has 0 saturated carbocycles. The normalized spacial score (nSPS) is 11.7. The van der Waals surface area contributed by atoms with Crippen LogP contribution in [0.4, 0.5) is 5.95 Å². The van der Waals surface area contributed by atoms with E-state index in [9.17, 15) is 14.7 Å². The molecule has 3 aromatic carbocycles. The maximum Gasteiger partial charge on any atom is 0.326 e. The zero-order chi connectivity index (χ0) is 24.8. The number of hydrogen-bond donors (Lipinski definition) is 4. The van der Waals surface area contributed by atoms with E-state index in [4.69, 9.17) is 27.9 Å². The molecule has 1 amide bonds. The number of carboxylic acids is 1. The summed E-state index contributed by atoms with van der Waals surface area (Å²) in [7, 11) is 0. The molecule has 4 rings (SSSR count). The van der Waals surface area contributed by atoms with Gasteiger partial charge in [-0.25, -0.2) is 9.78 Å². The summed E-state index contributed by atoms with van der Waals surface area (Å²) in [5, 5.41) is 15.6. The molecule has 0 radical (unpaired) electrons. The Bertz CT molecular complexity index is 1290. The first-order chi connectivity index (χ1) is 16.9. The number of aromatic amines is 1. The maximum atomic E-state index is 12.6. The van der Waals surface area contributed by atoms with Gasteiger partial charge in [-0.05, 0) is 42.0 Å². The third-order valence-electron chi connectivity index (χ3n) is 5.21. The highest BCUT2D eigenvalue weighted by Gasteiger charge is 2.23. The lowest BCUT2D eigenvalue weighted by atomic mass is 10.1. The minimum atomic E-state index is -1.17. The van der Waals surface area contributed by atoms with Crippen LogP contribution in [0.2, 0.25) is 10.0 Å². The number of aromatic nitrogens is 2. The molecule has 0 spiro atoms. The van der Waals surface area contributed by atoms with Gasteiger partial charge in [0.15, 0.2) is 0 Å². The summed E-state index contributed by atoms with van der Waals surface area (Å²) >= 11 is 12.1. The molecule has 0 aliphatic rings. The van der Waals surface area contributed by atoms with Crippen LogP contribution in [0, 0.1) is 0 Å². The number of carbonyl (C=O) groups excluding carboxylic acids is 1. The highest BCUT2D eigenvalue weighted by Crippen LogP contribution is 2.24. The Morgan fingerprint density at radius 3 is 2.40 bits per heavy atom. The molecule has 1 aromatic heterocycles. The Kier molecular flexibility index (Phi) is 7.74. The summed E-state index contributed by atoms with van der Waals surface area (Å²) < 4.78 is 5.74. The lowest BCUT2D eigenvalue weighted by Gasteiger charge is -2.16. The molecule has 0 fully saturated rings. The van der Waals surface area contributed by atoms with Crippen LogP contribution in [0.1, 0.15) is 15.9 Å². The van der Waals surface area contributed by atoms with Crippen molar-refractivity contribution in [1.82, 2.24) is 15.3 Å². The summed E-state index contributed by atoms with van der Waals surface area (Å²) in [5.41, 5.74) is 2.60. The molecule has 0 bridgehead atoms. The minimum Gasteiger partial charge on any atom is -0.492 e. The van der Waals surface area contributed by atoms with Crippen LogP contribution in [0.15, 0.2) is 66.7 Å². The van der Waals surface area contributed by atoms with Crippen molar-refractivity contribution < 1.29 is 19.4 Å². The second-order valence-corrected chi connectivity index (χ2v) is 8.50. The van der Waals surface area contributed by atoms with E-state index < -0.39 is 17.9 Å². The molecule has 0 aliphatic heterocycles. The van der Waals surface area contributed by atoms with Gasteiger partial charge in [-0.1, -0.05) is 53.5 Å². The fourth-order valence-corrected chi connectivity index (χ4v) is 4.05. The number of carboxylic acid groups (broad SMARTS) is 1. The Labute approximate surface area is 211 Å². The number of imidazole rings is 1. The molecule has 1 atom stereocenters. The number of aliphatic carboxylic acids is 1. The van der Waals surface area contributed by atoms with E-state index in [2.05, 4.69) is 20.6 Å². The van der Waals surface area contributed by atoms with Crippen molar-refractivity contribution in [2.45, 2.75) is 12.5 Å². The molecule has 0 unspecified atom stereocenters. The standard InChI is InChI=1S/C25H22Cl2N4O4/c26-17-4-3-5-18(27)22(17)23(32)29-21(24(33)34)14-15-8-10-16(11-9-15)35-13-12-28-25-30-19-6-1-2-7-20(19)31-25/h1-11,21H,12-14H2,(H,29,32)(H,33,34)(H2,28,30,31)/t21-/m0/s1. The molecule has 35 heavy (non-hydrogen) atoms. The van der Waals surface area contributed by atoms with Crippen molar-refractivity contribution in [3.63, 3.8) is 0 Å². The number of hydrogen-bond acceptors (Lipinski definition) is 5. The fourth-order valence-electron chi connectivity index (χ4n) is 3.48. The Hall–Kier alpha value is -3.75. The Balaban J connectivity index is 1.29. The molecule has 8 nitrogen and oxygen atoms in total. The topological polar surface area (TPSA) is 116 Å². The molecule has 0 saturated heterocycles. The molecule has 4 aromatic rings. The first-order valence-corrected chi connectivity index (χ1v) is 11.5. The lowest BCUT2D eigenvalue weighted by Crippen LogP contribution is -2.42. The Morgan fingerprint density at radius 2 is 1.71 bits per heavy atom. The zero-order valence-corrected chi connectivity index (χ0v) is 19.9. The summed E-state index contributed by atoms with van der Waals surface area (Å²) in [4.78, 5) is 31.9. The zero-order valence-electron chi connectivity index (χ0n) is 18.4. The van der Waals surface area contributed by atoms with Crippen molar-refractivity contribution in [3.05, 3.63) is 87.9 Å². The van der Waals surface area contributed by atoms with Gasteiger partial charge in [-0.2, -0.15) is 0 Å². The summed E-state index contributed by atoms with van der Waals surface area (Å²) in [6.45, 7) is 0.947. The van der Waals surface area contributed by atoms with E-state index in [0.717, 1.165) is 16.6 Å². The first kappa shape index (κ1) is 24.4. The average molecular weight is 513 g/mol. The van der Waals surface area contributed by atoms with Crippen molar-refractivity contribution in [2.75, 3.05) is 18.5 Å². The molecule has 0 aliphatic carbocycles. The van der Waals surface area contributed by atoms with Crippen LogP contribution in [0.25, 0.3) is 11.0 Å². The molecular formula is C25H22Cl2N4O4. The van der Waals surface area contributed by atoms with Crippen molar-refractivity contribution in [1.29, 1.82) is 0 Å². The molecule has 1 heterocycles. The second kappa shape index (κ2) is 11.1. The van der Waals surface area contributed by atoms with Crippen LogP contribution >= 0.6 is 23.2 Å². The number of benzene rings is 3. The van der Waals surface area contributed by atoms with E-state index in [1.807, 2.05) is 24.3 Å². The fraction of sp³-hybridized carbons (Fsp3) is 0.160. The number of carbonyl (C=O) groups is 2. The lowest BCUT2D eigenvalue weighted by molar-refractivity contribution is -0.139. The maximum absolute atomic E-state index is 12.6. The number of anilines is 1. The van der Waals surface area contributed by atoms with Crippen LogP contribution in [0.3, 0.4) is 0 Å². The highest BCUT2D eigenvalue weighted by molar-refractivity contribution is 6.39. The quantitative estimate of drug-likeness (QED) is 0.227. The van der Waals surface area contributed by atoms with Crippen molar-refractivity contribution in [3.8, 4) is 5.75 Å². The predicted octanol–water partition coefficient (Wildman–Crippen LogP) is 4.79. The summed E-state index contributed by atoms with van der Waals surface area (Å²) in [5.74, 6) is -0.507. The number of fused-ring (bicyclic) bond motifs is 1. The van der Waals surface area contributed by atoms with Gasteiger partial charge in [0.1, 0.15) is 18.4 Å². The van der Waals surface area contributed by atoms with E-state index in [1.165, 1.54) is 12.1 Å². The van der Waals surface area contributed by atoms with E-state index in [1.54, 1.807) is 30.3 Å². The molecular weight excluding hydrogens is 491 g/mol. The van der Waals surface area contributed by atoms with Gasteiger partial charge >= 0.3 is 5.97 Å². The van der Waals surface area contributed by atoms with E-state index in [0.29, 0.717) is 24.8 Å². The third-order valence-corrected chi connectivity index (χ3v) is 5.84. The number of amides is 1. The average Bonchev–Trinajstić information content (AvgIpc) is 3.25. The van der Waals surface area contributed by atoms with Crippen LogP contribution in [-0.2, 0) is 11.2 Å². The SMILES string of the molecule is O=C(N[C@@H](Cc1ccc(OCCNc2nc3ccccc3[nH]2)cc1)C(=O)O)c1c(Cl)cccc1Cl. The number of H-pyrrole nitrogens is 1. The number of para-hydroxylation sites is 2. The van der Waals surface area contributed by atoms with Crippen LogP contribution < -0.4 is 15.4 Å². The largest absolute Gasteiger partial charge is 0.492 e. The monoisotopic (exact) mass is 512 g/mol. The predicted molar refractivity (Wildman–Crippen MR) is 136 cm³/mol. The summed E-state index contributed by atoms with van der Waals surface area (Å²) in [6.07, 6.45) is 0.0804. The van der Waals surface area contributed by atoms with Gasteiger partial charge in [-0.3, -0.25) is 4.79 Å². The molecule has 4 N–H and O–H groups in total. The summed E-state index contributed by atoms with van der Waals surface area (Å²) in [6, 6.07) is 18.3. The highest BCUT2D eigenvalue weighted by atomic mass is 35.5. The Morgan fingerprint density at radius 1 is 1.00 bits per heavy atom. The minimum absolute atomic E-state index is 0.0436.